The van der Waals surface area contributed by atoms with Gasteiger partial charge in [-0.25, -0.2) is 17.6 Å². The van der Waals surface area contributed by atoms with E-state index in [1.165, 1.54) is 23.5 Å². The average molecular weight is 1370 g/mol. The largest absolute Gasteiger partial charge is 0.492 e. The SMILES string of the molecule is CCCCCCOc1cc(C)sc1-c1sc(-c2ccc(C(=O)c3c(F)c(F)c(C(=O)c4ccc(C)s4)c(F)c3F)s2)cc1OCCCCCC.PPP(P)P(P(P(P)P)P(P)P)P(P(P)P)P(P)P. The lowest BCUT2D eigenvalue weighted by Gasteiger charge is -2.44. The molecule has 0 spiro atoms. The Morgan fingerprint density at radius 2 is 0.971 bits per heavy atom. The van der Waals surface area contributed by atoms with Crippen LogP contribution >= 0.6 is 198 Å². The molecule has 5 aromatic rings. The van der Waals surface area contributed by atoms with Gasteiger partial charge < -0.3 is 9.47 Å². The van der Waals surface area contributed by atoms with Gasteiger partial charge in [0.15, 0.2) is 23.3 Å². The van der Waals surface area contributed by atoms with E-state index in [0.29, 0.717) is 28.7 Å². The lowest BCUT2D eigenvalue weighted by molar-refractivity contribution is 0.101. The molecule has 0 aliphatic carbocycles. The second-order valence-electron chi connectivity index (χ2n) is 14.7. The highest BCUT2D eigenvalue weighted by Gasteiger charge is 2.40. The van der Waals surface area contributed by atoms with Gasteiger partial charge >= 0.3 is 0 Å². The molecular formula is C38H59F4O4P19S4. The summed E-state index contributed by atoms with van der Waals surface area (Å²) < 4.78 is 73.5. The first-order chi connectivity index (χ1) is 32.7. The molecule has 0 saturated carbocycles. The van der Waals surface area contributed by atoms with Gasteiger partial charge in [0.25, 0.3) is 0 Å². The Morgan fingerprint density at radius 1 is 0.536 bits per heavy atom. The van der Waals surface area contributed by atoms with Crippen LogP contribution in [0.5, 0.6) is 11.5 Å². The molecule has 0 N–H and O–H groups in total. The van der Waals surface area contributed by atoms with E-state index in [2.05, 4.69) is 103 Å². The number of ether oxygens (including phenoxy) is 2. The first-order valence-corrected chi connectivity index (χ1v) is 58.1. The first kappa shape index (κ1) is 66.4. The lowest BCUT2D eigenvalue weighted by atomic mass is 10.0. The van der Waals surface area contributed by atoms with Crippen molar-refractivity contribution in [1.29, 1.82) is 0 Å². The molecule has 0 radical (unpaired) electrons. The summed E-state index contributed by atoms with van der Waals surface area (Å²) in [5.74, 6) is -8.60. The van der Waals surface area contributed by atoms with Gasteiger partial charge in [-0.1, -0.05) is 60.3 Å². The normalized spacial score (nSPS) is 12.5. The molecule has 0 saturated heterocycles. The van der Waals surface area contributed by atoms with E-state index in [4.69, 9.17) is 9.47 Å². The maximum Gasteiger partial charge on any atom is 0.209 e. The number of halogens is 4. The molecule has 31 heteroatoms. The fourth-order valence-electron chi connectivity index (χ4n) is 6.27. The van der Waals surface area contributed by atoms with E-state index in [-0.39, 0.29) is 65.7 Å². The molecule has 0 bridgehead atoms. The van der Waals surface area contributed by atoms with Crippen molar-refractivity contribution in [3.8, 4) is 31.0 Å². The van der Waals surface area contributed by atoms with Crippen molar-refractivity contribution in [2.75, 3.05) is 13.2 Å². The zero-order valence-electron chi connectivity index (χ0n) is 38.2. The second kappa shape index (κ2) is 33.6. The summed E-state index contributed by atoms with van der Waals surface area (Å²) in [7, 11) is 32.5. The summed E-state index contributed by atoms with van der Waals surface area (Å²) in [6, 6.07) is 9.78. The molecule has 0 fully saturated rings. The van der Waals surface area contributed by atoms with Gasteiger partial charge in [0.05, 0.1) is 32.7 Å². The van der Waals surface area contributed by atoms with Crippen molar-refractivity contribution < 1.29 is 36.6 Å². The maximum absolute atomic E-state index is 15.3. The summed E-state index contributed by atoms with van der Waals surface area (Å²) in [5, 5.41) is 0. The number of rotatable bonds is 26. The third kappa shape index (κ3) is 19.0. The molecule has 382 valence electrons. The Labute approximate surface area is 456 Å². The molecule has 5 rings (SSSR count). The van der Waals surface area contributed by atoms with Crippen molar-refractivity contribution in [3.63, 3.8) is 0 Å². The Hall–Kier alpha value is 4.85. The Morgan fingerprint density at radius 3 is 1.39 bits per heavy atom. The number of benzene rings is 1. The predicted octanol–water partition coefficient (Wildman–Crippen LogP) is 23.6. The van der Waals surface area contributed by atoms with E-state index in [1.54, 1.807) is 30.4 Å². The maximum atomic E-state index is 15.3. The average Bonchev–Trinajstić information content (AvgIpc) is 4.12. The third-order valence-electron chi connectivity index (χ3n) is 9.46. The molecule has 1 aromatic carbocycles. The van der Waals surface area contributed by atoms with Crippen LogP contribution in [0.15, 0.2) is 36.4 Å². The van der Waals surface area contributed by atoms with Crippen LogP contribution in [0.2, 0.25) is 0 Å². The number of carbonyl (C=O) groups is 2. The van der Waals surface area contributed by atoms with Crippen LogP contribution in [0.3, 0.4) is 0 Å². The highest BCUT2D eigenvalue weighted by Crippen LogP contribution is 3.28. The van der Waals surface area contributed by atoms with Gasteiger partial charge in [0, 0.05) is 25.6 Å². The van der Waals surface area contributed by atoms with Crippen LogP contribution in [0, 0.1) is 37.1 Å². The van der Waals surface area contributed by atoms with Crippen molar-refractivity contribution in [2.24, 2.45) is 0 Å². The van der Waals surface area contributed by atoms with Crippen LogP contribution < -0.4 is 9.47 Å². The van der Waals surface area contributed by atoms with Gasteiger partial charge in [0.2, 0.25) is 11.6 Å². The van der Waals surface area contributed by atoms with Gasteiger partial charge in [-0.2, -0.15) is 0 Å². The number of aryl methyl sites for hydroxylation is 2. The number of thiophene rings is 4. The van der Waals surface area contributed by atoms with Crippen LogP contribution in [0.25, 0.3) is 19.5 Å². The van der Waals surface area contributed by atoms with Crippen LogP contribution in [0.4, 0.5) is 17.6 Å². The number of unbranched alkanes of at least 4 members (excludes halogenated alkanes) is 6. The fourth-order valence-corrected chi connectivity index (χ4v) is 229. The minimum absolute atomic E-state index is 0.0492. The molecule has 12 atom stereocenters. The lowest BCUT2D eigenvalue weighted by Crippen LogP contribution is -2.16. The van der Waals surface area contributed by atoms with E-state index >= 15 is 17.6 Å². The van der Waals surface area contributed by atoms with E-state index < -0.39 is 46.0 Å². The number of hydrogen-bond acceptors (Lipinski definition) is 8. The number of hydrogen-bond donors (Lipinski definition) is 0. The predicted molar refractivity (Wildman–Crippen MR) is 358 cm³/mol. The Bertz CT molecular complexity index is 2390. The van der Waals surface area contributed by atoms with E-state index in [1.807, 2.05) is 19.1 Å². The van der Waals surface area contributed by atoms with Crippen molar-refractivity contribution >= 4 is 210 Å². The van der Waals surface area contributed by atoms with Crippen molar-refractivity contribution in [2.45, 2.75) is 79.1 Å². The van der Waals surface area contributed by atoms with E-state index in [9.17, 15) is 9.59 Å². The molecule has 0 aliphatic heterocycles. The fraction of sp³-hybridized carbons (Fsp3) is 0.368. The molecule has 4 heterocycles. The molecule has 69 heavy (non-hydrogen) atoms. The monoisotopic (exact) mass is 1370 g/mol. The third-order valence-corrected chi connectivity index (χ3v) is 132. The van der Waals surface area contributed by atoms with Gasteiger partial charge in [-0.05, 0) is 113 Å². The van der Waals surface area contributed by atoms with Gasteiger partial charge in [-0.15, -0.1) is 135 Å². The zero-order valence-corrected chi connectivity index (χ0v) is 61.1. The molecule has 12 unspecified atom stereocenters. The van der Waals surface area contributed by atoms with E-state index in [0.717, 1.165) is 107 Å². The zero-order chi connectivity index (χ0) is 51.3. The summed E-state index contributed by atoms with van der Waals surface area (Å²) in [6.07, 6.45) is 8.47. The van der Waals surface area contributed by atoms with Crippen molar-refractivity contribution in [1.82, 2.24) is 0 Å². The summed E-state index contributed by atoms with van der Waals surface area (Å²) >= 11 is 4.93. The molecule has 0 aliphatic rings. The number of carbonyl (C=O) groups excluding carboxylic acids is 2. The molecular weight excluding hydrogens is 1310 g/mol. The molecule has 0 amide bonds. The standard InChI is InChI=1S/C38H38F4O4S4.H21P19/c1-5-7-9-11-17-45-23-19-22(4)48-37(23)38-24(46-18-12-10-8-6-2)20-28(50-38)25-15-16-27(49-25)36(44)30-33(41)31(39)29(32(40)34(30)42)35(43)26-14-13-21(3)47-26;1-11-16(10)19(17(12(2)3)13(4)5)18(14(6)7)15(8)9/h13-16,19-20H,5-12,17-18H2,1-4H3;11H,1-10H2. The highest BCUT2D eigenvalue weighted by molar-refractivity contribution is 9.34. The second-order valence-corrected chi connectivity index (χ2v) is 92.2. The Kier molecular flexibility index (Phi) is 32.3. The highest BCUT2D eigenvalue weighted by atomic mass is 33.4. The van der Waals surface area contributed by atoms with Crippen LogP contribution in [0.1, 0.15) is 105 Å². The summed E-state index contributed by atoms with van der Waals surface area (Å²) in [5.41, 5.74) is -2.75. The molecule has 4 nitrogen and oxygen atoms in total. The topological polar surface area (TPSA) is 52.6 Å². The van der Waals surface area contributed by atoms with Gasteiger partial charge in [0.1, 0.15) is 22.6 Å². The summed E-state index contributed by atoms with van der Waals surface area (Å²) in [4.78, 5) is 30.9. The quantitative estimate of drug-likeness (QED) is 0.0182. The van der Waals surface area contributed by atoms with Gasteiger partial charge in [-0.3, -0.25) is 9.59 Å². The first-order valence-electron chi connectivity index (χ1n) is 20.9. The van der Waals surface area contributed by atoms with Crippen molar-refractivity contribution in [3.05, 3.63) is 90.3 Å². The Balaban J connectivity index is 0.000000461. The number of ketones is 2. The summed E-state index contributed by atoms with van der Waals surface area (Å²) in [6.45, 7) is 9.98. The minimum atomic E-state index is -1.91. The minimum Gasteiger partial charge on any atom is -0.492 e. The smallest absolute Gasteiger partial charge is 0.209 e. The van der Waals surface area contributed by atoms with Crippen LogP contribution in [-0.2, 0) is 0 Å². The molecule has 4 aromatic heterocycles. The van der Waals surface area contributed by atoms with Crippen LogP contribution in [-0.4, -0.2) is 24.8 Å².